The molecule has 18 heavy (non-hydrogen) atoms. The fraction of sp³-hybridized carbons (Fsp3) is 0.600. The highest BCUT2D eigenvalue weighted by atomic mass is 32.2. The molecule has 3 heteroatoms. The lowest BCUT2D eigenvalue weighted by Gasteiger charge is -2.37. The van der Waals surface area contributed by atoms with Crippen molar-refractivity contribution in [1.29, 1.82) is 0 Å². The highest BCUT2D eigenvalue weighted by Gasteiger charge is 2.30. The van der Waals surface area contributed by atoms with Gasteiger partial charge in [0.2, 0.25) is 0 Å². The Morgan fingerprint density at radius 1 is 1.44 bits per heavy atom. The Kier molecular flexibility index (Phi) is 4.57. The summed E-state index contributed by atoms with van der Waals surface area (Å²) in [7, 11) is -0.715. The summed E-state index contributed by atoms with van der Waals surface area (Å²) in [6.45, 7) is 5.06. The Morgan fingerprint density at radius 2 is 2.17 bits per heavy atom. The molecule has 0 bridgehead atoms. The van der Waals surface area contributed by atoms with Gasteiger partial charge in [-0.1, -0.05) is 29.8 Å². The molecule has 0 aliphatic heterocycles. The third-order valence-corrected chi connectivity index (χ3v) is 5.21. The highest BCUT2D eigenvalue weighted by molar-refractivity contribution is 7.84. The van der Waals surface area contributed by atoms with Gasteiger partial charge in [0.1, 0.15) is 0 Å². The van der Waals surface area contributed by atoms with Gasteiger partial charge in [-0.25, -0.2) is 0 Å². The Morgan fingerprint density at radius 3 is 2.78 bits per heavy atom. The fourth-order valence-electron chi connectivity index (χ4n) is 2.43. The lowest BCUT2D eigenvalue weighted by atomic mass is 9.75. The van der Waals surface area contributed by atoms with E-state index in [9.17, 15) is 4.21 Å². The maximum absolute atomic E-state index is 11.3. The maximum atomic E-state index is 11.3. The molecule has 2 nitrogen and oxygen atoms in total. The number of hydrogen-bond donors (Lipinski definition) is 1. The van der Waals surface area contributed by atoms with Crippen LogP contribution in [0, 0.1) is 6.92 Å². The monoisotopic (exact) mass is 265 g/mol. The van der Waals surface area contributed by atoms with Crippen LogP contribution in [0.15, 0.2) is 24.3 Å². The first-order valence-electron chi connectivity index (χ1n) is 6.68. The first kappa shape index (κ1) is 13.8. The first-order chi connectivity index (χ1) is 8.56. The number of hydrogen-bond acceptors (Lipinski definition) is 2. The Hall–Kier alpha value is -0.670. The van der Waals surface area contributed by atoms with Gasteiger partial charge >= 0.3 is 0 Å². The van der Waals surface area contributed by atoms with Crippen LogP contribution in [0.3, 0.4) is 0 Å². The summed E-state index contributed by atoms with van der Waals surface area (Å²) in [5.41, 5.74) is 2.82. The van der Waals surface area contributed by atoms with Gasteiger partial charge in [0.05, 0.1) is 0 Å². The lowest BCUT2D eigenvalue weighted by molar-refractivity contribution is 0.292. The zero-order valence-electron chi connectivity index (χ0n) is 11.5. The number of nitrogens with one attached hydrogen (secondary N) is 1. The molecule has 1 saturated carbocycles. The third kappa shape index (κ3) is 3.42. The molecular formula is C15H23NOS. The molecular weight excluding hydrogens is 242 g/mol. The molecule has 0 heterocycles. The van der Waals surface area contributed by atoms with Gasteiger partial charge in [-0.15, -0.1) is 0 Å². The molecule has 2 rings (SSSR count). The van der Waals surface area contributed by atoms with E-state index in [1.165, 1.54) is 24.0 Å². The van der Waals surface area contributed by atoms with E-state index in [-0.39, 0.29) is 5.25 Å². The average molecular weight is 265 g/mol. The van der Waals surface area contributed by atoms with Crippen molar-refractivity contribution in [2.45, 2.75) is 43.9 Å². The molecule has 1 aromatic carbocycles. The normalized spacial score (nSPS) is 26.4. The van der Waals surface area contributed by atoms with E-state index in [0.717, 1.165) is 6.54 Å². The maximum Gasteiger partial charge on any atom is 0.0441 e. The van der Waals surface area contributed by atoms with Crippen molar-refractivity contribution < 1.29 is 4.21 Å². The molecule has 1 aromatic rings. The second-order valence-corrected chi connectivity index (χ2v) is 7.30. The Bertz CT molecular complexity index is 426. The van der Waals surface area contributed by atoms with E-state index < -0.39 is 10.8 Å². The molecule has 1 aliphatic carbocycles. The Labute approximate surface area is 113 Å². The van der Waals surface area contributed by atoms with Gasteiger partial charge in [-0.05, 0) is 38.2 Å². The molecule has 1 fully saturated rings. The first-order valence-corrected chi connectivity index (χ1v) is 8.30. The van der Waals surface area contributed by atoms with Gasteiger partial charge in [-0.2, -0.15) is 0 Å². The summed E-state index contributed by atoms with van der Waals surface area (Å²) in [5, 5.41) is 3.77. The molecule has 2 atom stereocenters. The molecule has 2 unspecified atom stereocenters. The van der Waals surface area contributed by atoms with Crippen LogP contribution in [-0.2, 0) is 10.8 Å². The van der Waals surface area contributed by atoms with Gasteiger partial charge in [0, 0.05) is 34.9 Å². The van der Waals surface area contributed by atoms with Crippen LogP contribution in [0.25, 0.3) is 0 Å². The number of benzene rings is 1. The minimum absolute atomic E-state index is 0.253. The van der Waals surface area contributed by atoms with Gasteiger partial charge in [0.15, 0.2) is 0 Å². The molecule has 0 saturated heterocycles. The second kappa shape index (κ2) is 5.98. The standard InChI is InChI=1S/C15H23NOS/c1-11-5-4-6-13(7-11)14-8-15(9-14)16-10-12(2)18(3)17/h4-7,12,14-16H,8-10H2,1-3H3. The predicted octanol–water partition coefficient (Wildman–Crippen LogP) is 2.60. The van der Waals surface area contributed by atoms with E-state index in [1.807, 2.05) is 6.92 Å². The van der Waals surface area contributed by atoms with Gasteiger partial charge in [0.25, 0.3) is 0 Å². The largest absolute Gasteiger partial charge is 0.313 e. The van der Waals surface area contributed by atoms with Gasteiger partial charge in [-0.3, -0.25) is 4.21 Å². The molecule has 1 N–H and O–H groups in total. The summed E-state index contributed by atoms with van der Waals surface area (Å²) in [4.78, 5) is 0. The summed E-state index contributed by atoms with van der Waals surface area (Å²) in [5.74, 6) is 0.713. The fourth-order valence-corrected chi connectivity index (χ4v) is 2.76. The van der Waals surface area contributed by atoms with Crippen LogP contribution >= 0.6 is 0 Å². The summed E-state index contributed by atoms with van der Waals surface area (Å²) < 4.78 is 11.3. The minimum Gasteiger partial charge on any atom is -0.313 e. The lowest BCUT2D eigenvalue weighted by Crippen LogP contribution is -2.43. The molecule has 0 radical (unpaired) electrons. The van der Waals surface area contributed by atoms with Crippen LogP contribution in [0.5, 0.6) is 0 Å². The van der Waals surface area contributed by atoms with Gasteiger partial charge < -0.3 is 5.32 Å². The average Bonchev–Trinajstić information content (AvgIpc) is 2.26. The highest BCUT2D eigenvalue weighted by Crippen LogP contribution is 2.37. The van der Waals surface area contributed by atoms with E-state index >= 15 is 0 Å². The summed E-state index contributed by atoms with van der Waals surface area (Å²) in [6, 6.07) is 9.44. The zero-order valence-corrected chi connectivity index (χ0v) is 12.3. The quantitative estimate of drug-likeness (QED) is 0.886. The van der Waals surface area contributed by atoms with Crippen LogP contribution in [-0.4, -0.2) is 28.3 Å². The van der Waals surface area contributed by atoms with Crippen LogP contribution in [0.1, 0.15) is 36.8 Å². The van der Waals surface area contributed by atoms with E-state index in [4.69, 9.17) is 0 Å². The van der Waals surface area contributed by atoms with E-state index in [2.05, 4.69) is 36.5 Å². The number of aryl methyl sites for hydroxylation is 1. The predicted molar refractivity (Wildman–Crippen MR) is 78.5 cm³/mol. The Balaban J connectivity index is 1.76. The van der Waals surface area contributed by atoms with Crippen molar-refractivity contribution in [2.75, 3.05) is 12.8 Å². The molecule has 1 aliphatic rings. The molecule has 0 amide bonds. The molecule has 100 valence electrons. The summed E-state index contributed by atoms with van der Waals surface area (Å²) >= 11 is 0. The SMILES string of the molecule is Cc1cccc(C2CC(NCC(C)S(C)=O)C2)c1. The van der Waals surface area contributed by atoms with Crippen molar-refractivity contribution in [2.24, 2.45) is 0 Å². The number of rotatable bonds is 5. The van der Waals surface area contributed by atoms with E-state index in [0.29, 0.717) is 12.0 Å². The molecule has 0 spiro atoms. The smallest absolute Gasteiger partial charge is 0.0441 e. The van der Waals surface area contributed by atoms with Crippen molar-refractivity contribution in [3.8, 4) is 0 Å². The van der Waals surface area contributed by atoms with Crippen LogP contribution < -0.4 is 5.32 Å². The zero-order chi connectivity index (χ0) is 13.1. The van der Waals surface area contributed by atoms with E-state index in [1.54, 1.807) is 6.26 Å². The second-order valence-electron chi connectivity index (χ2n) is 5.50. The van der Waals surface area contributed by atoms with Crippen molar-refractivity contribution in [3.05, 3.63) is 35.4 Å². The molecule has 0 aromatic heterocycles. The van der Waals surface area contributed by atoms with Crippen molar-refractivity contribution in [3.63, 3.8) is 0 Å². The van der Waals surface area contributed by atoms with Crippen LogP contribution in [0.2, 0.25) is 0 Å². The minimum atomic E-state index is -0.715. The summed E-state index contributed by atoms with van der Waals surface area (Å²) in [6.07, 6.45) is 4.21. The van der Waals surface area contributed by atoms with Crippen LogP contribution in [0.4, 0.5) is 0 Å². The van der Waals surface area contributed by atoms with Crippen molar-refractivity contribution in [1.82, 2.24) is 5.32 Å². The third-order valence-electron chi connectivity index (χ3n) is 3.91. The topological polar surface area (TPSA) is 29.1 Å². The van der Waals surface area contributed by atoms with Crippen molar-refractivity contribution >= 4 is 10.8 Å².